The van der Waals surface area contributed by atoms with Crippen molar-refractivity contribution in [2.45, 2.75) is 45.6 Å². The largest absolute Gasteiger partial charge is 0.310 e. The van der Waals surface area contributed by atoms with Crippen molar-refractivity contribution in [3.63, 3.8) is 0 Å². The number of hydrogen-bond acceptors (Lipinski definition) is 3. The van der Waals surface area contributed by atoms with Crippen molar-refractivity contribution in [2.24, 2.45) is 0 Å². The highest BCUT2D eigenvalue weighted by Gasteiger charge is 2.16. The van der Waals surface area contributed by atoms with Gasteiger partial charge in [0, 0.05) is 12.3 Å². The lowest BCUT2D eigenvalue weighted by Gasteiger charge is -2.22. The smallest absolute Gasteiger partial charge is 0.147 e. The lowest BCUT2D eigenvalue weighted by molar-refractivity contribution is 0.528. The molecule has 0 aliphatic heterocycles. The summed E-state index contributed by atoms with van der Waals surface area (Å²) in [4.78, 5) is 0. The highest BCUT2D eigenvalue weighted by molar-refractivity contribution is 7.90. The number of nitrogens with one attached hydrogen (secondary N) is 1. The van der Waals surface area contributed by atoms with Crippen LogP contribution in [-0.4, -0.2) is 27.0 Å². The van der Waals surface area contributed by atoms with Crippen LogP contribution in [0.15, 0.2) is 24.3 Å². The first kappa shape index (κ1) is 17.2. The van der Waals surface area contributed by atoms with Crippen LogP contribution >= 0.6 is 0 Å². The summed E-state index contributed by atoms with van der Waals surface area (Å²) in [5, 5.41) is 3.37. The predicted molar refractivity (Wildman–Crippen MR) is 85.9 cm³/mol. The summed E-state index contributed by atoms with van der Waals surface area (Å²) in [7, 11) is -2.92. The Morgan fingerprint density at radius 3 is 2.10 bits per heavy atom. The van der Waals surface area contributed by atoms with Gasteiger partial charge in [0.25, 0.3) is 0 Å². The molecule has 1 unspecified atom stereocenters. The Morgan fingerprint density at radius 2 is 1.70 bits per heavy atom. The molecule has 1 aromatic carbocycles. The monoisotopic (exact) mass is 297 g/mol. The van der Waals surface area contributed by atoms with Gasteiger partial charge in [0.1, 0.15) is 9.84 Å². The average molecular weight is 297 g/mol. The van der Waals surface area contributed by atoms with E-state index >= 15 is 0 Å². The molecule has 3 nitrogen and oxygen atoms in total. The van der Waals surface area contributed by atoms with Crippen LogP contribution in [0.3, 0.4) is 0 Å². The van der Waals surface area contributed by atoms with Gasteiger partial charge in [-0.25, -0.2) is 8.42 Å². The SMILES string of the molecule is CCNC(CCS(C)(=O)=O)c1ccc(C(C)(C)C)cc1. The summed E-state index contributed by atoms with van der Waals surface area (Å²) in [5.74, 6) is 0.214. The van der Waals surface area contributed by atoms with Crippen LogP contribution in [0.5, 0.6) is 0 Å². The molecule has 1 N–H and O–H groups in total. The molecule has 0 amide bonds. The lowest BCUT2D eigenvalue weighted by Crippen LogP contribution is -2.23. The van der Waals surface area contributed by atoms with Crippen molar-refractivity contribution in [1.82, 2.24) is 5.32 Å². The van der Waals surface area contributed by atoms with Gasteiger partial charge in [-0.05, 0) is 29.5 Å². The zero-order valence-corrected chi connectivity index (χ0v) is 14.0. The van der Waals surface area contributed by atoms with E-state index in [1.807, 2.05) is 6.92 Å². The lowest BCUT2D eigenvalue weighted by atomic mass is 9.86. The molecule has 0 fully saturated rings. The first-order valence-electron chi connectivity index (χ1n) is 7.15. The van der Waals surface area contributed by atoms with Crippen LogP contribution in [-0.2, 0) is 15.3 Å². The topological polar surface area (TPSA) is 46.2 Å². The highest BCUT2D eigenvalue weighted by Crippen LogP contribution is 2.25. The van der Waals surface area contributed by atoms with Crippen molar-refractivity contribution in [3.8, 4) is 0 Å². The van der Waals surface area contributed by atoms with E-state index in [-0.39, 0.29) is 17.2 Å². The van der Waals surface area contributed by atoms with E-state index in [2.05, 4.69) is 50.4 Å². The number of hydrogen-bond donors (Lipinski definition) is 1. The Bertz CT molecular complexity index is 512. The van der Waals surface area contributed by atoms with Gasteiger partial charge in [-0.3, -0.25) is 0 Å². The Kier molecular flexibility index (Phi) is 5.78. The van der Waals surface area contributed by atoms with E-state index in [9.17, 15) is 8.42 Å². The van der Waals surface area contributed by atoms with Crippen LogP contribution in [0.2, 0.25) is 0 Å². The molecule has 0 saturated carbocycles. The van der Waals surface area contributed by atoms with Gasteiger partial charge in [0.2, 0.25) is 0 Å². The van der Waals surface area contributed by atoms with Gasteiger partial charge in [-0.2, -0.15) is 0 Å². The fourth-order valence-electron chi connectivity index (χ4n) is 2.18. The minimum absolute atomic E-state index is 0.101. The zero-order chi connectivity index (χ0) is 15.4. The van der Waals surface area contributed by atoms with E-state index in [0.717, 1.165) is 12.1 Å². The molecule has 1 rings (SSSR count). The molecule has 1 atom stereocenters. The second-order valence-electron chi connectivity index (χ2n) is 6.40. The molecule has 1 aromatic rings. The van der Waals surface area contributed by atoms with Crippen LogP contribution in [0, 0.1) is 0 Å². The standard InChI is InChI=1S/C16H27NO2S/c1-6-17-15(11-12-20(5,18)19)13-7-9-14(10-8-13)16(2,3)4/h7-10,15,17H,6,11-12H2,1-5H3. The molecule has 0 radical (unpaired) electrons. The average Bonchev–Trinajstić information content (AvgIpc) is 2.32. The molecule has 0 saturated heterocycles. The minimum atomic E-state index is -2.92. The van der Waals surface area contributed by atoms with E-state index in [4.69, 9.17) is 0 Å². The van der Waals surface area contributed by atoms with E-state index in [1.165, 1.54) is 11.8 Å². The molecule has 20 heavy (non-hydrogen) atoms. The predicted octanol–water partition coefficient (Wildman–Crippen LogP) is 3.07. The fourth-order valence-corrected chi connectivity index (χ4v) is 2.84. The highest BCUT2D eigenvalue weighted by atomic mass is 32.2. The Balaban J connectivity index is 2.87. The maximum absolute atomic E-state index is 11.3. The quantitative estimate of drug-likeness (QED) is 0.878. The number of benzene rings is 1. The molecule has 114 valence electrons. The zero-order valence-electron chi connectivity index (χ0n) is 13.2. The fraction of sp³-hybridized carbons (Fsp3) is 0.625. The second-order valence-corrected chi connectivity index (χ2v) is 8.66. The number of sulfone groups is 1. The van der Waals surface area contributed by atoms with Crippen LogP contribution in [0.4, 0.5) is 0 Å². The maximum atomic E-state index is 11.3. The van der Waals surface area contributed by atoms with Crippen molar-refractivity contribution < 1.29 is 8.42 Å². The summed E-state index contributed by atoms with van der Waals surface area (Å²) in [6.45, 7) is 9.43. The maximum Gasteiger partial charge on any atom is 0.147 e. The van der Waals surface area contributed by atoms with Crippen molar-refractivity contribution in [1.29, 1.82) is 0 Å². The molecule has 0 aromatic heterocycles. The third kappa shape index (κ3) is 5.63. The Morgan fingerprint density at radius 1 is 1.15 bits per heavy atom. The minimum Gasteiger partial charge on any atom is -0.310 e. The van der Waals surface area contributed by atoms with Crippen molar-refractivity contribution in [2.75, 3.05) is 18.6 Å². The van der Waals surface area contributed by atoms with E-state index < -0.39 is 9.84 Å². The Labute approximate surface area is 123 Å². The van der Waals surface area contributed by atoms with Crippen LogP contribution < -0.4 is 5.32 Å². The van der Waals surface area contributed by atoms with E-state index in [0.29, 0.717) is 6.42 Å². The molecule has 0 aliphatic rings. The summed E-state index contributed by atoms with van der Waals surface area (Å²) in [6, 6.07) is 8.59. The third-order valence-corrected chi connectivity index (χ3v) is 4.38. The van der Waals surface area contributed by atoms with Crippen LogP contribution in [0.25, 0.3) is 0 Å². The molecule has 0 spiro atoms. The second kappa shape index (κ2) is 6.72. The first-order valence-corrected chi connectivity index (χ1v) is 9.21. The third-order valence-electron chi connectivity index (χ3n) is 3.41. The van der Waals surface area contributed by atoms with Crippen molar-refractivity contribution >= 4 is 9.84 Å². The molecular formula is C16H27NO2S. The van der Waals surface area contributed by atoms with Gasteiger partial charge in [0.15, 0.2) is 0 Å². The molecular weight excluding hydrogens is 270 g/mol. The first-order chi connectivity index (χ1) is 9.13. The van der Waals surface area contributed by atoms with Gasteiger partial charge >= 0.3 is 0 Å². The van der Waals surface area contributed by atoms with Crippen molar-refractivity contribution in [3.05, 3.63) is 35.4 Å². The summed E-state index contributed by atoms with van der Waals surface area (Å²) in [6.07, 6.45) is 1.90. The molecule has 0 heterocycles. The van der Waals surface area contributed by atoms with E-state index in [1.54, 1.807) is 0 Å². The van der Waals surface area contributed by atoms with Gasteiger partial charge < -0.3 is 5.32 Å². The summed E-state index contributed by atoms with van der Waals surface area (Å²) >= 11 is 0. The molecule has 0 aliphatic carbocycles. The normalized spacial score (nSPS) is 14.2. The van der Waals surface area contributed by atoms with Gasteiger partial charge in [0.05, 0.1) is 5.75 Å². The van der Waals surface area contributed by atoms with Crippen LogP contribution in [0.1, 0.15) is 51.3 Å². The molecule has 0 bridgehead atoms. The molecule has 4 heteroatoms. The number of rotatable bonds is 6. The summed E-state index contributed by atoms with van der Waals surface area (Å²) in [5.41, 5.74) is 2.59. The van der Waals surface area contributed by atoms with Gasteiger partial charge in [-0.15, -0.1) is 0 Å². The van der Waals surface area contributed by atoms with Gasteiger partial charge in [-0.1, -0.05) is 52.0 Å². The Hall–Kier alpha value is -0.870. The summed E-state index contributed by atoms with van der Waals surface area (Å²) < 4.78 is 22.7.